The second kappa shape index (κ2) is 6.88. The Morgan fingerprint density at radius 3 is 2.46 bits per heavy atom. The summed E-state index contributed by atoms with van der Waals surface area (Å²) in [6, 6.07) is 6.03. The first kappa shape index (κ1) is 18.7. The van der Waals surface area contributed by atoms with Crippen LogP contribution < -0.4 is 10.0 Å². The van der Waals surface area contributed by atoms with E-state index in [-0.39, 0.29) is 26.3 Å². The van der Waals surface area contributed by atoms with Gasteiger partial charge in [0, 0.05) is 21.3 Å². The molecule has 0 radical (unpaired) electrons. The largest absolute Gasteiger partial charge is 0.477 e. The molecule has 0 aliphatic carbocycles. The number of carboxylic acid groups (broad SMARTS) is 1. The lowest BCUT2D eigenvalue weighted by Gasteiger charge is -2.26. The van der Waals surface area contributed by atoms with Gasteiger partial charge >= 0.3 is 5.97 Å². The van der Waals surface area contributed by atoms with Gasteiger partial charge < -0.3 is 10.4 Å². The van der Waals surface area contributed by atoms with Crippen LogP contribution in [0.3, 0.4) is 0 Å². The summed E-state index contributed by atoms with van der Waals surface area (Å²) < 4.78 is 40.6. The molecule has 3 rings (SSSR count). The Balaban J connectivity index is 2.06. The molecule has 1 aliphatic heterocycles. The van der Waals surface area contributed by atoms with Gasteiger partial charge in [-0.3, -0.25) is 0 Å². The number of carbonyl (C=O) groups is 1. The molecule has 3 N–H and O–H groups in total. The highest BCUT2D eigenvalue weighted by atomic mass is 35.5. The van der Waals surface area contributed by atoms with Gasteiger partial charge in [0.2, 0.25) is 10.0 Å². The molecule has 6 nitrogen and oxygen atoms in total. The van der Waals surface area contributed by atoms with Crippen LogP contribution in [0.1, 0.15) is 11.6 Å². The lowest BCUT2D eigenvalue weighted by Crippen LogP contribution is -2.31. The highest BCUT2D eigenvalue weighted by molar-refractivity contribution is 7.89. The number of benzene rings is 2. The third kappa shape index (κ3) is 3.68. The third-order valence-corrected chi connectivity index (χ3v) is 5.63. The van der Waals surface area contributed by atoms with Gasteiger partial charge in [0.25, 0.3) is 0 Å². The van der Waals surface area contributed by atoms with Gasteiger partial charge in [0.1, 0.15) is 11.5 Å². The maximum Gasteiger partial charge on any atom is 0.352 e. The van der Waals surface area contributed by atoms with Crippen molar-refractivity contribution in [3.63, 3.8) is 0 Å². The van der Waals surface area contributed by atoms with Crippen molar-refractivity contribution >= 4 is 44.9 Å². The standard InChI is InChI=1S/C16H11Cl2FN2O4S/c17-8-5-11(18)15-12(6-8)20-14(16(22)23)7-13(15)21-26(24,25)10-3-1-9(19)2-4-10/h1-7,13,20-21H,(H,22,23). The number of fused-ring (bicyclic) bond motifs is 1. The number of hydrogen-bond donors (Lipinski definition) is 3. The van der Waals surface area contributed by atoms with Crippen molar-refractivity contribution in [3.8, 4) is 0 Å². The Labute approximate surface area is 158 Å². The third-order valence-electron chi connectivity index (χ3n) is 3.64. The minimum absolute atomic E-state index is 0.160. The number of carboxylic acids is 1. The van der Waals surface area contributed by atoms with Crippen LogP contribution in [0, 0.1) is 5.82 Å². The summed E-state index contributed by atoms with van der Waals surface area (Å²) in [5.41, 5.74) is 0.364. The molecule has 0 spiro atoms. The summed E-state index contributed by atoms with van der Waals surface area (Å²) in [4.78, 5) is 11.2. The lowest BCUT2D eigenvalue weighted by molar-refractivity contribution is -0.132. The van der Waals surface area contributed by atoms with Gasteiger partial charge in [0.05, 0.1) is 10.9 Å². The molecule has 0 fully saturated rings. The van der Waals surface area contributed by atoms with Gasteiger partial charge in [0.15, 0.2) is 0 Å². The molecular formula is C16H11Cl2FN2O4S. The van der Waals surface area contributed by atoms with E-state index in [1.54, 1.807) is 0 Å². The number of halogens is 3. The Kier molecular flexibility index (Phi) is 4.94. The molecule has 0 saturated carbocycles. The number of aliphatic carboxylic acids is 1. The van der Waals surface area contributed by atoms with Crippen molar-refractivity contribution in [3.05, 3.63) is 69.6 Å². The van der Waals surface area contributed by atoms with Crippen molar-refractivity contribution in [1.29, 1.82) is 0 Å². The zero-order valence-electron chi connectivity index (χ0n) is 12.8. The average molecular weight is 417 g/mol. The Bertz CT molecular complexity index is 1020. The van der Waals surface area contributed by atoms with Gasteiger partial charge in [-0.2, -0.15) is 4.72 Å². The minimum Gasteiger partial charge on any atom is -0.477 e. The Hall–Kier alpha value is -2.13. The summed E-state index contributed by atoms with van der Waals surface area (Å²) in [5, 5.41) is 12.3. The summed E-state index contributed by atoms with van der Waals surface area (Å²) in [7, 11) is -4.07. The van der Waals surface area contributed by atoms with E-state index in [0.29, 0.717) is 5.56 Å². The molecule has 0 amide bonds. The fourth-order valence-electron chi connectivity index (χ4n) is 2.51. The summed E-state index contributed by atoms with van der Waals surface area (Å²) >= 11 is 12.1. The van der Waals surface area contributed by atoms with Crippen molar-refractivity contribution in [2.45, 2.75) is 10.9 Å². The molecule has 0 aromatic heterocycles. The molecule has 1 aliphatic rings. The number of sulfonamides is 1. The van der Waals surface area contributed by atoms with Crippen LogP contribution in [0.4, 0.5) is 10.1 Å². The Morgan fingerprint density at radius 1 is 1.19 bits per heavy atom. The molecule has 26 heavy (non-hydrogen) atoms. The van der Waals surface area contributed by atoms with Crippen LogP contribution in [0.25, 0.3) is 0 Å². The first-order chi connectivity index (χ1) is 12.2. The van der Waals surface area contributed by atoms with Gasteiger partial charge in [-0.15, -0.1) is 0 Å². The lowest BCUT2D eigenvalue weighted by atomic mass is 10.0. The van der Waals surface area contributed by atoms with Crippen LogP contribution >= 0.6 is 23.2 Å². The molecule has 1 heterocycles. The SMILES string of the molecule is O=C(O)C1=CC(NS(=O)(=O)c2ccc(F)cc2)c2c(Cl)cc(Cl)cc2N1. The van der Waals surface area contributed by atoms with E-state index in [1.165, 1.54) is 18.2 Å². The van der Waals surface area contributed by atoms with E-state index in [2.05, 4.69) is 10.0 Å². The molecule has 1 atom stereocenters. The van der Waals surface area contributed by atoms with Gasteiger partial charge in [-0.1, -0.05) is 23.2 Å². The molecule has 2 aromatic carbocycles. The van der Waals surface area contributed by atoms with E-state index in [4.69, 9.17) is 23.2 Å². The summed E-state index contributed by atoms with van der Waals surface area (Å²) in [6.45, 7) is 0. The molecular weight excluding hydrogens is 406 g/mol. The number of anilines is 1. The molecule has 0 bridgehead atoms. The molecule has 0 saturated heterocycles. The zero-order valence-corrected chi connectivity index (χ0v) is 15.2. The van der Waals surface area contributed by atoms with Crippen molar-refractivity contribution in [1.82, 2.24) is 4.72 Å². The van der Waals surface area contributed by atoms with Crippen LogP contribution in [-0.4, -0.2) is 19.5 Å². The number of hydrogen-bond acceptors (Lipinski definition) is 4. The fourth-order valence-corrected chi connectivity index (χ4v) is 4.27. The van der Waals surface area contributed by atoms with Crippen LogP contribution in [0.5, 0.6) is 0 Å². The predicted octanol–water partition coefficient (Wildman–Crippen LogP) is 3.55. The smallest absolute Gasteiger partial charge is 0.352 e. The van der Waals surface area contributed by atoms with Crippen LogP contribution in [-0.2, 0) is 14.8 Å². The predicted molar refractivity (Wildman–Crippen MR) is 95.3 cm³/mol. The number of nitrogens with one attached hydrogen (secondary N) is 2. The maximum atomic E-state index is 13.0. The average Bonchev–Trinajstić information content (AvgIpc) is 2.53. The molecule has 10 heteroatoms. The summed E-state index contributed by atoms with van der Waals surface area (Å²) in [5.74, 6) is -1.86. The second-order valence-corrected chi connectivity index (χ2v) is 7.97. The maximum absolute atomic E-state index is 13.0. The quantitative estimate of drug-likeness (QED) is 0.708. The highest BCUT2D eigenvalue weighted by Crippen LogP contribution is 2.39. The first-order valence-electron chi connectivity index (χ1n) is 7.16. The van der Waals surface area contributed by atoms with Crippen molar-refractivity contribution < 1.29 is 22.7 Å². The van der Waals surface area contributed by atoms with Gasteiger partial charge in [-0.25, -0.2) is 17.6 Å². The molecule has 136 valence electrons. The normalized spacial score (nSPS) is 16.4. The monoisotopic (exact) mass is 416 g/mol. The van der Waals surface area contributed by atoms with E-state index >= 15 is 0 Å². The van der Waals surface area contributed by atoms with E-state index in [1.807, 2.05) is 0 Å². The minimum atomic E-state index is -4.07. The van der Waals surface area contributed by atoms with Crippen LogP contribution in [0.2, 0.25) is 10.0 Å². The molecule has 2 aromatic rings. The zero-order chi connectivity index (χ0) is 19.1. The van der Waals surface area contributed by atoms with Crippen molar-refractivity contribution in [2.24, 2.45) is 0 Å². The van der Waals surface area contributed by atoms with Crippen molar-refractivity contribution in [2.75, 3.05) is 5.32 Å². The van der Waals surface area contributed by atoms with Crippen LogP contribution in [0.15, 0.2) is 53.1 Å². The second-order valence-electron chi connectivity index (χ2n) is 5.41. The summed E-state index contributed by atoms with van der Waals surface area (Å²) in [6.07, 6.45) is 1.19. The van der Waals surface area contributed by atoms with E-state index < -0.39 is 27.9 Å². The van der Waals surface area contributed by atoms with E-state index in [0.717, 1.165) is 24.3 Å². The topological polar surface area (TPSA) is 95.5 Å². The first-order valence-corrected chi connectivity index (χ1v) is 9.40. The highest BCUT2D eigenvalue weighted by Gasteiger charge is 2.29. The number of rotatable bonds is 4. The molecule has 1 unspecified atom stereocenters. The Morgan fingerprint density at radius 2 is 1.85 bits per heavy atom. The van der Waals surface area contributed by atoms with E-state index in [9.17, 15) is 22.7 Å². The van der Waals surface area contributed by atoms with Gasteiger partial charge in [-0.05, 0) is 42.5 Å². The fraction of sp³-hybridized carbons (Fsp3) is 0.0625.